The van der Waals surface area contributed by atoms with E-state index in [1.807, 2.05) is 4.90 Å². The molecule has 0 saturated carbocycles. The minimum Gasteiger partial charge on any atom is -0.343 e. The fourth-order valence-corrected chi connectivity index (χ4v) is 1.08. The van der Waals surface area contributed by atoms with Gasteiger partial charge < -0.3 is 4.90 Å². The molecule has 1 fully saturated rings. The lowest BCUT2D eigenvalue weighted by Crippen LogP contribution is -2.41. The van der Waals surface area contributed by atoms with Crippen molar-refractivity contribution in [2.75, 3.05) is 19.0 Å². The smallest absolute Gasteiger partial charge is 0.222 e. The van der Waals surface area contributed by atoms with Crippen LogP contribution in [-0.2, 0) is 4.79 Å². The van der Waals surface area contributed by atoms with Crippen LogP contribution in [0.5, 0.6) is 0 Å². The molecule has 1 heterocycles. The molecule has 0 N–H and O–H groups in total. The van der Waals surface area contributed by atoms with Crippen LogP contribution in [0.2, 0.25) is 0 Å². The number of halogens is 1. The summed E-state index contributed by atoms with van der Waals surface area (Å²) in [5, 5.41) is 0. The molecule has 1 aliphatic heterocycles. The summed E-state index contributed by atoms with van der Waals surface area (Å²) in [7, 11) is 0. The normalized spacial score (nSPS) is 16.7. The number of amides is 1. The monoisotopic (exact) mass is 161 g/mol. The third-order valence-electron chi connectivity index (χ3n) is 1.73. The van der Waals surface area contributed by atoms with Gasteiger partial charge in [-0.3, -0.25) is 4.79 Å². The van der Waals surface area contributed by atoms with E-state index in [4.69, 9.17) is 11.6 Å². The first-order valence-electron chi connectivity index (χ1n) is 3.68. The van der Waals surface area contributed by atoms with E-state index in [9.17, 15) is 4.79 Å². The second kappa shape index (κ2) is 3.81. The largest absolute Gasteiger partial charge is 0.343 e. The van der Waals surface area contributed by atoms with Gasteiger partial charge in [-0.25, -0.2) is 0 Å². The van der Waals surface area contributed by atoms with Crippen LogP contribution in [0.4, 0.5) is 0 Å². The fourth-order valence-electron chi connectivity index (χ4n) is 0.942. The average molecular weight is 162 g/mol. The molecular formula is C7H12ClNO. The second-order valence-corrected chi connectivity index (χ2v) is 2.90. The summed E-state index contributed by atoms with van der Waals surface area (Å²) in [4.78, 5) is 12.9. The van der Waals surface area contributed by atoms with Crippen LogP contribution < -0.4 is 0 Å². The Balaban J connectivity index is 2.08. The maximum Gasteiger partial charge on any atom is 0.222 e. The molecule has 1 aliphatic rings. The molecule has 2 nitrogen and oxygen atoms in total. The van der Waals surface area contributed by atoms with Gasteiger partial charge >= 0.3 is 0 Å². The Morgan fingerprint density at radius 3 is 2.60 bits per heavy atom. The quantitative estimate of drug-likeness (QED) is 0.571. The molecule has 0 aromatic heterocycles. The van der Waals surface area contributed by atoms with Crippen molar-refractivity contribution in [1.82, 2.24) is 4.90 Å². The van der Waals surface area contributed by atoms with E-state index in [-0.39, 0.29) is 5.91 Å². The zero-order valence-electron chi connectivity index (χ0n) is 5.98. The molecule has 10 heavy (non-hydrogen) atoms. The predicted molar refractivity (Wildman–Crippen MR) is 41.2 cm³/mol. The van der Waals surface area contributed by atoms with Crippen LogP contribution in [0.25, 0.3) is 0 Å². The number of nitrogens with zero attached hydrogens (tertiary/aromatic N) is 1. The molecule has 1 saturated heterocycles. The van der Waals surface area contributed by atoms with Crippen LogP contribution in [0.3, 0.4) is 0 Å². The van der Waals surface area contributed by atoms with Gasteiger partial charge in [0.25, 0.3) is 0 Å². The van der Waals surface area contributed by atoms with Crippen molar-refractivity contribution in [3.8, 4) is 0 Å². The Bertz CT molecular complexity index is 123. The summed E-state index contributed by atoms with van der Waals surface area (Å²) in [5.41, 5.74) is 0. The lowest BCUT2D eigenvalue weighted by atomic mass is 10.2. The number of carbonyl (C=O) groups excluding carboxylic acids is 1. The number of likely N-dealkylation sites (tertiary alicyclic amines) is 1. The highest BCUT2D eigenvalue weighted by Crippen LogP contribution is 2.08. The van der Waals surface area contributed by atoms with E-state index in [2.05, 4.69) is 0 Å². The predicted octanol–water partition coefficient (Wildman–Crippen LogP) is 1.24. The Morgan fingerprint density at radius 1 is 1.50 bits per heavy atom. The average Bonchev–Trinajstić information content (AvgIpc) is 1.79. The van der Waals surface area contributed by atoms with Crippen molar-refractivity contribution in [1.29, 1.82) is 0 Å². The SMILES string of the molecule is O=C(CCCCl)N1CCC1. The van der Waals surface area contributed by atoms with Crippen LogP contribution in [-0.4, -0.2) is 29.8 Å². The van der Waals surface area contributed by atoms with E-state index in [1.54, 1.807) is 0 Å². The zero-order chi connectivity index (χ0) is 7.40. The molecule has 0 aromatic rings. The van der Waals surface area contributed by atoms with Crippen molar-refractivity contribution in [2.45, 2.75) is 19.3 Å². The maximum absolute atomic E-state index is 11.1. The van der Waals surface area contributed by atoms with Crippen LogP contribution in [0.1, 0.15) is 19.3 Å². The first-order chi connectivity index (χ1) is 4.84. The van der Waals surface area contributed by atoms with Gasteiger partial charge in [-0.1, -0.05) is 0 Å². The number of hydrogen-bond donors (Lipinski definition) is 0. The Labute approximate surface area is 66.1 Å². The van der Waals surface area contributed by atoms with Gasteiger partial charge in [-0.2, -0.15) is 0 Å². The number of carbonyl (C=O) groups is 1. The fraction of sp³-hybridized carbons (Fsp3) is 0.857. The molecule has 58 valence electrons. The number of rotatable bonds is 3. The molecule has 0 aromatic carbocycles. The summed E-state index contributed by atoms with van der Waals surface area (Å²) in [6, 6.07) is 0. The Kier molecular flexibility index (Phi) is 3.00. The standard InChI is InChI=1S/C7H12ClNO/c8-4-1-3-7(10)9-5-2-6-9/h1-6H2. The number of hydrogen-bond acceptors (Lipinski definition) is 1. The van der Waals surface area contributed by atoms with Crippen molar-refractivity contribution in [2.24, 2.45) is 0 Å². The van der Waals surface area contributed by atoms with Gasteiger partial charge in [0.1, 0.15) is 0 Å². The van der Waals surface area contributed by atoms with E-state index in [1.165, 1.54) is 6.42 Å². The van der Waals surface area contributed by atoms with Crippen LogP contribution in [0, 0.1) is 0 Å². The van der Waals surface area contributed by atoms with Gasteiger partial charge in [0.05, 0.1) is 0 Å². The molecule has 1 amide bonds. The summed E-state index contributed by atoms with van der Waals surface area (Å²) in [5.74, 6) is 0.867. The molecule has 0 aliphatic carbocycles. The van der Waals surface area contributed by atoms with Crippen molar-refractivity contribution < 1.29 is 4.79 Å². The van der Waals surface area contributed by atoms with Gasteiger partial charge in [0, 0.05) is 25.4 Å². The molecule has 1 rings (SSSR count). The number of alkyl halides is 1. The molecule has 0 spiro atoms. The van der Waals surface area contributed by atoms with Gasteiger partial charge in [-0.15, -0.1) is 11.6 Å². The molecule has 3 heteroatoms. The van der Waals surface area contributed by atoms with Crippen molar-refractivity contribution >= 4 is 17.5 Å². The lowest BCUT2D eigenvalue weighted by Gasteiger charge is -2.30. The van der Waals surface area contributed by atoms with E-state index < -0.39 is 0 Å². The molecule has 0 atom stereocenters. The summed E-state index contributed by atoms with van der Waals surface area (Å²) in [6.07, 6.45) is 2.62. The highest BCUT2D eigenvalue weighted by atomic mass is 35.5. The van der Waals surface area contributed by atoms with Gasteiger partial charge in [0.2, 0.25) is 5.91 Å². The first kappa shape index (κ1) is 7.86. The first-order valence-corrected chi connectivity index (χ1v) is 4.22. The van der Waals surface area contributed by atoms with E-state index in [0.717, 1.165) is 19.5 Å². The van der Waals surface area contributed by atoms with Crippen LogP contribution >= 0.6 is 11.6 Å². The Hall–Kier alpha value is -0.240. The molecule has 0 radical (unpaired) electrons. The van der Waals surface area contributed by atoms with E-state index in [0.29, 0.717) is 12.3 Å². The zero-order valence-corrected chi connectivity index (χ0v) is 6.73. The van der Waals surface area contributed by atoms with Gasteiger partial charge in [0.15, 0.2) is 0 Å². The highest BCUT2D eigenvalue weighted by molar-refractivity contribution is 6.17. The second-order valence-electron chi connectivity index (χ2n) is 2.53. The van der Waals surface area contributed by atoms with Crippen LogP contribution in [0.15, 0.2) is 0 Å². The molecular weight excluding hydrogens is 150 g/mol. The van der Waals surface area contributed by atoms with E-state index >= 15 is 0 Å². The minimum absolute atomic E-state index is 0.270. The van der Waals surface area contributed by atoms with Crippen molar-refractivity contribution in [3.63, 3.8) is 0 Å². The lowest BCUT2D eigenvalue weighted by molar-refractivity contribution is -0.134. The Morgan fingerprint density at radius 2 is 2.20 bits per heavy atom. The molecule has 0 unspecified atom stereocenters. The third-order valence-corrected chi connectivity index (χ3v) is 2.00. The van der Waals surface area contributed by atoms with Crippen molar-refractivity contribution in [3.05, 3.63) is 0 Å². The molecule has 0 bridgehead atoms. The topological polar surface area (TPSA) is 20.3 Å². The minimum atomic E-state index is 0.270. The maximum atomic E-state index is 11.1. The summed E-state index contributed by atoms with van der Waals surface area (Å²) in [6.45, 7) is 1.92. The summed E-state index contributed by atoms with van der Waals surface area (Å²) < 4.78 is 0. The summed E-state index contributed by atoms with van der Waals surface area (Å²) >= 11 is 5.44. The highest BCUT2D eigenvalue weighted by Gasteiger charge is 2.18. The van der Waals surface area contributed by atoms with Gasteiger partial charge in [-0.05, 0) is 12.8 Å². The third kappa shape index (κ3) is 1.87.